The normalized spacial score (nSPS) is 21.2. The molecular formula is C26H26F9NO2. The van der Waals surface area contributed by atoms with Crippen LogP contribution >= 0.6 is 0 Å². The minimum atomic E-state index is -4.95. The Balaban J connectivity index is 2.10. The molecule has 3 nitrogen and oxygen atoms in total. The van der Waals surface area contributed by atoms with Crippen molar-refractivity contribution in [1.29, 1.82) is 0 Å². The third kappa shape index (κ3) is 6.44. The van der Waals surface area contributed by atoms with Gasteiger partial charge < -0.3 is 5.11 Å². The first kappa shape index (κ1) is 29.8. The molecule has 38 heavy (non-hydrogen) atoms. The minimum Gasteiger partial charge on any atom is -0.481 e. The molecule has 0 amide bonds. The zero-order valence-corrected chi connectivity index (χ0v) is 20.4. The zero-order chi connectivity index (χ0) is 28.6. The summed E-state index contributed by atoms with van der Waals surface area (Å²) in [6, 6.07) is 3.15. The number of carboxylic acids is 1. The second-order valence-electron chi connectivity index (χ2n) is 9.48. The highest BCUT2D eigenvalue weighted by Crippen LogP contribution is 2.46. The van der Waals surface area contributed by atoms with Gasteiger partial charge >= 0.3 is 24.5 Å². The standard InChI is InChI=1S/C26H26F9NO2/c1-3-19(23(37)38)16-10-11-36(22(12-16)15-4-6-17(7-5-15)24(27,28)29)14(2)20-13-18(25(30,31)32)8-9-21(20)26(33,34)35/h4-9,13-14,16,19,22H,3,10-12H2,1-2H3,(H,37,38)/t14-,16+,19?,22-/m0/s1. The maximum absolute atomic E-state index is 13.8. The summed E-state index contributed by atoms with van der Waals surface area (Å²) < 4.78 is 121. The summed E-state index contributed by atoms with van der Waals surface area (Å²) in [6.07, 6.45) is -13.9. The summed E-state index contributed by atoms with van der Waals surface area (Å²) in [7, 11) is 0. The fourth-order valence-corrected chi connectivity index (χ4v) is 5.29. The lowest BCUT2D eigenvalue weighted by atomic mass is 9.77. The van der Waals surface area contributed by atoms with Gasteiger partial charge in [-0.05, 0) is 80.1 Å². The number of rotatable bonds is 6. The quantitative estimate of drug-likeness (QED) is 0.364. The summed E-state index contributed by atoms with van der Waals surface area (Å²) in [5.74, 6) is -2.29. The van der Waals surface area contributed by atoms with Crippen molar-refractivity contribution in [3.63, 3.8) is 0 Å². The van der Waals surface area contributed by atoms with Crippen LogP contribution in [-0.4, -0.2) is 22.5 Å². The van der Waals surface area contributed by atoms with Gasteiger partial charge in [-0.25, -0.2) is 0 Å². The van der Waals surface area contributed by atoms with E-state index in [1.54, 1.807) is 6.92 Å². The third-order valence-corrected chi connectivity index (χ3v) is 7.27. The molecule has 1 N–H and O–H groups in total. The number of halogens is 9. The molecule has 1 aliphatic rings. The fraction of sp³-hybridized carbons (Fsp3) is 0.500. The molecule has 0 aliphatic carbocycles. The van der Waals surface area contributed by atoms with Crippen molar-refractivity contribution < 1.29 is 49.4 Å². The lowest BCUT2D eigenvalue weighted by Gasteiger charge is -2.45. The molecule has 0 radical (unpaired) electrons. The van der Waals surface area contributed by atoms with Crippen molar-refractivity contribution >= 4 is 5.97 Å². The van der Waals surface area contributed by atoms with Gasteiger partial charge in [0.25, 0.3) is 0 Å². The number of carboxylic acid groups (broad SMARTS) is 1. The number of alkyl halides is 9. The van der Waals surface area contributed by atoms with Crippen LogP contribution in [0.2, 0.25) is 0 Å². The lowest BCUT2D eigenvalue weighted by molar-refractivity contribution is -0.145. The molecular weight excluding hydrogens is 529 g/mol. The summed E-state index contributed by atoms with van der Waals surface area (Å²) in [5.41, 5.74) is -3.76. The van der Waals surface area contributed by atoms with Crippen molar-refractivity contribution in [3.8, 4) is 0 Å². The fourth-order valence-electron chi connectivity index (χ4n) is 5.29. The van der Waals surface area contributed by atoms with Crippen LogP contribution in [0, 0.1) is 11.8 Å². The molecule has 210 valence electrons. The Labute approximate surface area is 213 Å². The Kier molecular flexibility index (Phi) is 8.45. The average Bonchev–Trinajstić information content (AvgIpc) is 2.82. The van der Waals surface area contributed by atoms with Crippen molar-refractivity contribution in [2.45, 2.75) is 63.7 Å². The number of piperidine rings is 1. The number of hydrogen-bond donors (Lipinski definition) is 1. The monoisotopic (exact) mass is 555 g/mol. The highest BCUT2D eigenvalue weighted by atomic mass is 19.4. The van der Waals surface area contributed by atoms with Crippen molar-refractivity contribution in [2.75, 3.05) is 6.54 Å². The van der Waals surface area contributed by atoms with Crippen LogP contribution in [0.5, 0.6) is 0 Å². The molecule has 1 aliphatic heterocycles. The molecule has 0 bridgehead atoms. The van der Waals surface area contributed by atoms with Gasteiger partial charge in [-0.2, -0.15) is 39.5 Å². The van der Waals surface area contributed by atoms with Crippen LogP contribution in [0.4, 0.5) is 39.5 Å². The average molecular weight is 555 g/mol. The first-order chi connectivity index (χ1) is 17.4. The maximum Gasteiger partial charge on any atom is 0.416 e. The second-order valence-corrected chi connectivity index (χ2v) is 9.48. The van der Waals surface area contributed by atoms with E-state index in [1.165, 1.54) is 24.0 Å². The van der Waals surface area contributed by atoms with E-state index in [9.17, 15) is 49.4 Å². The minimum absolute atomic E-state index is 0.0366. The summed E-state index contributed by atoms with van der Waals surface area (Å²) >= 11 is 0. The van der Waals surface area contributed by atoms with Gasteiger partial charge in [-0.3, -0.25) is 9.69 Å². The van der Waals surface area contributed by atoms with Crippen LogP contribution in [0.25, 0.3) is 0 Å². The van der Waals surface area contributed by atoms with Gasteiger partial charge in [0.1, 0.15) is 0 Å². The first-order valence-electron chi connectivity index (χ1n) is 11.9. The van der Waals surface area contributed by atoms with Gasteiger partial charge in [0.2, 0.25) is 0 Å². The predicted molar refractivity (Wildman–Crippen MR) is 120 cm³/mol. The van der Waals surface area contributed by atoms with E-state index in [0.29, 0.717) is 23.8 Å². The number of hydrogen-bond acceptors (Lipinski definition) is 2. The topological polar surface area (TPSA) is 40.5 Å². The van der Waals surface area contributed by atoms with Gasteiger partial charge in [0, 0.05) is 12.1 Å². The van der Waals surface area contributed by atoms with Gasteiger partial charge in [0.05, 0.1) is 22.6 Å². The van der Waals surface area contributed by atoms with Crippen LogP contribution in [-0.2, 0) is 23.3 Å². The Bertz CT molecular complexity index is 1120. The van der Waals surface area contributed by atoms with Crippen molar-refractivity contribution in [2.24, 2.45) is 11.8 Å². The molecule has 1 saturated heterocycles. The SMILES string of the molecule is CCC(C(=O)O)[C@@H]1CCN([C@@H](C)c2cc(C(F)(F)F)ccc2C(F)(F)F)[C@H](c2ccc(C(F)(F)F)cc2)C1. The molecule has 0 aromatic heterocycles. The van der Waals surface area contributed by atoms with Crippen LogP contribution in [0.1, 0.15) is 73.0 Å². The van der Waals surface area contributed by atoms with E-state index in [2.05, 4.69) is 0 Å². The predicted octanol–water partition coefficient (Wildman–Crippen LogP) is 8.37. The number of nitrogens with zero attached hydrogens (tertiary/aromatic N) is 1. The van der Waals surface area contributed by atoms with Crippen LogP contribution < -0.4 is 0 Å². The third-order valence-electron chi connectivity index (χ3n) is 7.27. The van der Waals surface area contributed by atoms with E-state index >= 15 is 0 Å². The molecule has 0 saturated carbocycles. The van der Waals surface area contributed by atoms with Crippen LogP contribution in [0.15, 0.2) is 42.5 Å². The largest absolute Gasteiger partial charge is 0.481 e. The highest BCUT2D eigenvalue weighted by Gasteiger charge is 2.42. The Hall–Kier alpha value is -2.76. The van der Waals surface area contributed by atoms with E-state index < -0.39 is 70.7 Å². The summed E-state index contributed by atoms with van der Waals surface area (Å²) in [4.78, 5) is 13.3. The van der Waals surface area contributed by atoms with Gasteiger partial charge in [-0.1, -0.05) is 19.1 Å². The molecule has 1 heterocycles. The Morgan fingerprint density at radius 3 is 1.95 bits per heavy atom. The van der Waals surface area contributed by atoms with Crippen molar-refractivity contribution in [3.05, 3.63) is 70.3 Å². The smallest absolute Gasteiger partial charge is 0.416 e. The van der Waals surface area contributed by atoms with E-state index in [1.807, 2.05) is 0 Å². The first-order valence-corrected chi connectivity index (χ1v) is 11.9. The molecule has 1 unspecified atom stereocenters. The van der Waals surface area contributed by atoms with E-state index in [0.717, 1.165) is 12.1 Å². The molecule has 2 aromatic rings. The Morgan fingerprint density at radius 2 is 1.47 bits per heavy atom. The van der Waals surface area contributed by atoms with E-state index in [4.69, 9.17) is 0 Å². The molecule has 0 spiro atoms. The zero-order valence-electron chi connectivity index (χ0n) is 20.4. The molecule has 3 rings (SSSR count). The molecule has 12 heteroatoms. The number of carbonyl (C=O) groups is 1. The molecule has 1 fully saturated rings. The Morgan fingerprint density at radius 1 is 0.921 bits per heavy atom. The maximum atomic E-state index is 13.8. The van der Waals surface area contributed by atoms with Gasteiger partial charge in [-0.15, -0.1) is 0 Å². The van der Waals surface area contributed by atoms with E-state index in [-0.39, 0.29) is 25.8 Å². The highest BCUT2D eigenvalue weighted by molar-refractivity contribution is 5.70. The van der Waals surface area contributed by atoms with Crippen molar-refractivity contribution in [1.82, 2.24) is 4.90 Å². The second kappa shape index (κ2) is 10.8. The lowest BCUT2D eigenvalue weighted by Crippen LogP contribution is -2.42. The number of benzene rings is 2. The summed E-state index contributed by atoms with van der Waals surface area (Å²) in [5, 5.41) is 9.62. The number of aliphatic carboxylic acids is 1. The van der Waals surface area contributed by atoms with Gasteiger partial charge in [0.15, 0.2) is 0 Å². The molecule has 2 aromatic carbocycles. The van der Waals surface area contributed by atoms with Crippen LogP contribution in [0.3, 0.4) is 0 Å². The molecule has 4 atom stereocenters. The summed E-state index contributed by atoms with van der Waals surface area (Å²) in [6.45, 7) is 3.02. The number of likely N-dealkylation sites (tertiary alicyclic amines) is 1.